The van der Waals surface area contributed by atoms with Crippen molar-refractivity contribution in [2.75, 3.05) is 5.32 Å². The number of carbonyl (C=O) groups excluding carboxylic acids is 1. The Bertz CT molecular complexity index is 826. The zero-order valence-electron chi connectivity index (χ0n) is 12.7. The van der Waals surface area contributed by atoms with E-state index in [1.54, 1.807) is 47.6 Å². The summed E-state index contributed by atoms with van der Waals surface area (Å²) in [5.74, 6) is -0.201. The van der Waals surface area contributed by atoms with Gasteiger partial charge in [0.25, 0.3) is 5.91 Å². The van der Waals surface area contributed by atoms with Crippen LogP contribution in [0.25, 0.3) is 5.69 Å². The number of carbonyl (C=O) groups is 1. The van der Waals surface area contributed by atoms with Crippen LogP contribution in [0.3, 0.4) is 0 Å². The highest BCUT2D eigenvalue weighted by Gasteiger charge is 2.13. The van der Waals surface area contributed by atoms with Crippen LogP contribution in [0.15, 0.2) is 61.2 Å². The van der Waals surface area contributed by atoms with Crippen molar-refractivity contribution in [2.45, 2.75) is 13.5 Å². The molecule has 2 aromatic carbocycles. The second-order valence-electron chi connectivity index (χ2n) is 5.30. The van der Waals surface area contributed by atoms with Crippen LogP contribution >= 0.6 is 0 Å². The summed E-state index contributed by atoms with van der Waals surface area (Å²) in [4.78, 5) is 16.7. The Hall–Kier alpha value is -2.92. The molecule has 0 aliphatic heterocycles. The van der Waals surface area contributed by atoms with Crippen LogP contribution in [-0.4, -0.2) is 20.6 Å². The number of aliphatic hydroxyl groups is 1. The second kappa shape index (κ2) is 6.46. The number of nitrogens with one attached hydrogen (secondary N) is 1. The van der Waals surface area contributed by atoms with Crippen molar-refractivity contribution in [1.82, 2.24) is 9.55 Å². The van der Waals surface area contributed by atoms with Gasteiger partial charge in [0, 0.05) is 18.1 Å². The van der Waals surface area contributed by atoms with E-state index in [1.807, 2.05) is 25.1 Å². The van der Waals surface area contributed by atoms with Crippen LogP contribution in [0.4, 0.5) is 5.69 Å². The number of aryl methyl sites for hydroxylation is 1. The Balaban J connectivity index is 1.94. The number of anilines is 1. The molecule has 3 rings (SSSR count). The summed E-state index contributed by atoms with van der Waals surface area (Å²) in [7, 11) is 0. The summed E-state index contributed by atoms with van der Waals surface area (Å²) in [5.41, 5.74) is 3.74. The number of amides is 1. The maximum Gasteiger partial charge on any atom is 0.257 e. The first kappa shape index (κ1) is 15.0. The molecule has 23 heavy (non-hydrogen) atoms. The van der Waals surface area contributed by atoms with Crippen molar-refractivity contribution in [2.24, 2.45) is 0 Å². The van der Waals surface area contributed by atoms with Gasteiger partial charge < -0.3 is 15.0 Å². The fourth-order valence-corrected chi connectivity index (χ4v) is 2.40. The predicted octanol–water partition coefficient (Wildman–Crippen LogP) is 2.93. The zero-order chi connectivity index (χ0) is 16.2. The van der Waals surface area contributed by atoms with Crippen molar-refractivity contribution in [3.63, 3.8) is 0 Å². The average Bonchev–Trinajstić information content (AvgIpc) is 3.09. The molecule has 0 saturated carbocycles. The van der Waals surface area contributed by atoms with E-state index in [0.717, 1.165) is 16.8 Å². The molecule has 0 saturated heterocycles. The van der Waals surface area contributed by atoms with E-state index >= 15 is 0 Å². The standard InChI is InChI=1S/C18H17N3O2/c1-13-5-6-17(21-8-7-19-12-21)16(9-13)18(23)20-15-4-2-3-14(10-15)11-22/h2-10,12,22H,11H2,1H3,(H,20,23). The van der Waals surface area contributed by atoms with Crippen LogP contribution in [0.2, 0.25) is 0 Å². The Kier molecular flexibility index (Phi) is 4.21. The summed E-state index contributed by atoms with van der Waals surface area (Å²) in [5, 5.41) is 12.1. The van der Waals surface area contributed by atoms with Crippen molar-refractivity contribution in [3.8, 4) is 5.69 Å². The van der Waals surface area contributed by atoms with Gasteiger partial charge in [-0.25, -0.2) is 4.98 Å². The van der Waals surface area contributed by atoms with Gasteiger partial charge in [0.1, 0.15) is 0 Å². The SMILES string of the molecule is Cc1ccc(-n2ccnc2)c(C(=O)Nc2cccc(CO)c2)c1. The van der Waals surface area contributed by atoms with E-state index in [1.165, 1.54) is 0 Å². The van der Waals surface area contributed by atoms with Gasteiger partial charge >= 0.3 is 0 Å². The molecule has 0 aliphatic carbocycles. The van der Waals surface area contributed by atoms with Gasteiger partial charge in [-0.3, -0.25) is 4.79 Å². The Morgan fingerprint density at radius 2 is 2.13 bits per heavy atom. The number of hydrogen-bond donors (Lipinski definition) is 2. The van der Waals surface area contributed by atoms with E-state index < -0.39 is 0 Å². The van der Waals surface area contributed by atoms with Gasteiger partial charge in [0.15, 0.2) is 0 Å². The van der Waals surface area contributed by atoms with Gasteiger partial charge in [0.2, 0.25) is 0 Å². The molecule has 5 heteroatoms. The van der Waals surface area contributed by atoms with Crippen molar-refractivity contribution < 1.29 is 9.90 Å². The van der Waals surface area contributed by atoms with E-state index in [-0.39, 0.29) is 12.5 Å². The summed E-state index contributed by atoms with van der Waals surface area (Å²) in [6.07, 6.45) is 5.13. The minimum Gasteiger partial charge on any atom is -0.392 e. The molecule has 0 atom stereocenters. The van der Waals surface area contributed by atoms with Gasteiger partial charge in [-0.1, -0.05) is 23.8 Å². The van der Waals surface area contributed by atoms with Crippen molar-refractivity contribution >= 4 is 11.6 Å². The third-order valence-electron chi connectivity index (χ3n) is 3.55. The molecule has 1 amide bonds. The lowest BCUT2D eigenvalue weighted by Crippen LogP contribution is -2.15. The molecule has 2 N–H and O–H groups in total. The predicted molar refractivity (Wildman–Crippen MR) is 88.6 cm³/mol. The van der Waals surface area contributed by atoms with Gasteiger partial charge in [-0.15, -0.1) is 0 Å². The highest BCUT2D eigenvalue weighted by Crippen LogP contribution is 2.19. The Morgan fingerprint density at radius 1 is 1.26 bits per heavy atom. The molecule has 1 heterocycles. The Labute approximate surface area is 134 Å². The Morgan fingerprint density at radius 3 is 2.87 bits per heavy atom. The quantitative estimate of drug-likeness (QED) is 0.779. The molecule has 116 valence electrons. The molecule has 0 unspecified atom stereocenters. The number of imidazole rings is 1. The maximum absolute atomic E-state index is 12.7. The molecular weight excluding hydrogens is 290 g/mol. The molecule has 0 fully saturated rings. The van der Waals surface area contributed by atoms with Crippen molar-refractivity contribution in [1.29, 1.82) is 0 Å². The summed E-state index contributed by atoms with van der Waals surface area (Å²) in [6, 6.07) is 12.9. The summed E-state index contributed by atoms with van der Waals surface area (Å²) < 4.78 is 1.80. The largest absolute Gasteiger partial charge is 0.392 e. The molecule has 1 aromatic heterocycles. The van der Waals surface area contributed by atoms with Crippen LogP contribution < -0.4 is 5.32 Å². The normalized spacial score (nSPS) is 10.5. The number of aliphatic hydroxyl groups excluding tert-OH is 1. The smallest absolute Gasteiger partial charge is 0.257 e. The summed E-state index contributed by atoms with van der Waals surface area (Å²) in [6.45, 7) is 1.88. The highest BCUT2D eigenvalue weighted by atomic mass is 16.3. The van der Waals surface area contributed by atoms with E-state index in [9.17, 15) is 9.90 Å². The lowest BCUT2D eigenvalue weighted by molar-refractivity contribution is 0.102. The minimum absolute atomic E-state index is 0.0611. The topological polar surface area (TPSA) is 67.2 Å². The maximum atomic E-state index is 12.7. The molecule has 0 radical (unpaired) electrons. The van der Waals surface area contributed by atoms with Crippen molar-refractivity contribution in [3.05, 3.63) is 77.9 Å². The number of benzene rings is 2. The van der Waals surface area contributed by atoms with Crippen LogP contribution in [0.5, 0.6) is 0 Å². The van der Waals surface area contributed by atoms with Gasteiger partial charge in [0.05, 0.1) is 24.2 Å². The van der Waals surface area contributed by atoms with Crippen LogP contribution in [0, 0.1) is 6.92 Å². The van der Waals surface area contributed by atoms with Gasteiger partial charge in [-0.05, 0) is 36.8 Å². The lowest BCUT2D eigenvalue weighted by Gasteiger charge is -2.12. The van der Waals surface area contributed by atoms with E-state index in [4.69, 9.17) is 0 Å². The van der Waals surface area contributed by atoms with E-state index in [2.05, 4.69) is 10.3 Å². The number of aromatic nitrogens is 2. The van der Waals surface area contributed by atoms with Crippen LogP contribution in [0.1, 0.15) is 21.5 Å². The molecule has 5 nitrogen and oxygen atoms in total. The van der Waals surface area contributed by atoms with E-state index in [0.29, 0.717) is 11.3 Å². The third kappa shape index (κ3) is 3.30. The lowest BCUT2D eigenvalue weighted by atomic mass is 10.1. The highest BCUT2D eigenvalue weighted by molar-refractivity contribution is 6.07. The zero-order valence-corrected chi connectivity index (χ0v) is 12.7. The second-order valence-corrected chi connectivity index (χ2v) is 5.30. The molecule has 3 aromatic rings. The average molecular weight is 307 g/mol. The first-order valence-corrected chi connectivity index (χ1v) is 7.27. The minimum atomic E-state index is -0.201. The number of rotatable bonds is 4. The third-order valence-corrected chi connectivity index (χ3v) is 3.55. The number of nitrogens with zero attached hydrogens (tertiary/aromatic N) is 2. The molecule has 0 bridgehead atoms. The number of hydrogen-bond acceptors (Lipinski definition) is 3. The molecule has 0 spiro atoms. The fourth-order valence-electron chi connectivity index (χ4n) is 2.40. The van der Waals surface area contributed by atoms with Gasteiger partial charge in [-0.2, -0.15) is 0 Å². The first-order valence-electron chi connectivity index (χ1n) is 7.27. The van der Waals surface area contributed by atoms with Crippen LogP contribution in [-0.2, 0) is 6.61 Å². The fraction of sp³-hybridized carbons (Fsp3) is 0.111. The first-order chi connectivity index (χ1) is 11.2. The monoisotopic (exact) mass is 307 g/mol. The molecule has 0 aliphatic rings. The molecular formula is C18H17N3O2. The summed E-state index contributed by atoms with van der Waals surface area (Å²) >= 11 is 0.